The molecule has 4 heteroatoms. The lowest BCUT2D eigenvalue weighted by Crippen LogP contribution is -1.83. The zero-order chi connectivity index (χ0) is 10.7. The van der Waals surface area contributed by atoms with Crippen molar-refractivity contribution in [2.24, 2.45) is 0 Å². The van der Waals surface area contributed by atoms with E-state index < -0.39 is 0 Å². The van der Waals surface area contributed by atoms with Crippen molar-refractivity contribution < 1.29 is 4.79 Å². The number of imidazole rings is 1. The van der Waals surface area contributed by atoms with Crippen LogP contribution in [0.3, 0.4) is 0 Å². The predicted octanol–water partition coefficient (Wildman–Crippen LogP) is 1.76. The van der Waals surface area contributed by atoms with Gasteiger partial charge >= 0.3 is 0 Å². The third-order valence-electron chi connectivity index (χ3n) is 2.00. The lowest BCUT2D eigenvalue weighted by atomic mass is 10.2. The molecule has 2 aromatic rings. The van der Waals surface area contributed by atoms with Gasteiger partial charge in [-0.15, -0.1) is 0 Å². The Morgan fingerprint density at radius 1 is 1.33 bits per heavy atom. The zero-order valence-electron chi connectivity index (χ0n) is 7.77. The smallest absolute Gasteiger partial charge is 0.169 e. The topological polar surface area (TPSA) is 69.5 Å². The second-order valence-corrected chi connectivity index (χ2v) is 2.94. The quantitative estimate of drug-likeness (QED) is 0.746. The molecule has 2 rings (SSSR count). The van der Waals surface area contributed by atoms with Crippen molar-refractivity contribution in [3.8, 4) is 17.5 Å². The fourth-order valence-corrected chi connectivity index (χ4v) is 1.29. The minimum absolute atomic E-state index is 0.129. The van der Waals surface area contributed by atoms with E-state index in [0.717, 1.165) is 5.56 Å². The lowest BCUT2D eigenvalue weighted by molar-refractivity contribution is 0.111. The van der Waals surface area contributed by atoms with Crippen LogP contribution in [0.2, 0.25) is 0 Å². The van der Waals surface area contributed by atoms with E-state index in [1.165, 1.54) is 0 Å². The van der Waals surface area contributed by atoms with Gasteiger partial charge in [0.15, 0.2) is 12.0 Å². The van der Waals surface area contributed by atoms with Gasteiger partial charge in [0.2, 0.25) is 0 Å². The van der Waals surface area contributed by atoms with Crippen molar-refractivity contribution in [2.75, 3.05) is 0 Å². The molecule has 1 heterocycles. The number of nitriles is 1. The number of aromatic nitrogens is 2. The molecule has 0 amide bonds. The number of nitrogens with one attached hydrogen (secondary N) is 1. The monoisotopic (exact) mass is 197 g/mol. The number of H-pyrrole nitrogens is 1. The highest BCUT2D eigenvalue weighted by Crippen LogP contribution is 2.16. The zero-order valence-corrected chi connectivity index (χ0v) is 7.77. The van der Waals surface area contributed by atoms with Crippen LogP contribution in [0.4, 0.5) is 0 Å². The van der Waals surface area contributed by atoms with E-state index in [0.29, 0.717) is 12.1 Å². The number of benzene rings is 1. The molecule has 1 aromatic carbocycles. The third kappa shape index (κ3) is 1.63. The molecule has 15 heavy (non-hydrogen) atoms. The third-order valence-corrected chi connectivity index (χ3v) is 2.00. The molecule has 0 spiro atoms. The molecule has 0 aliphatic heterocycles. The Hall–Kier alpha value is -2.41. The summed E-state index contributed by atoms with van der Waals surface area (Å²) in [5.41, 5.74) is 1.20. The Balaban J connectivity index is 2.52. The van der Waals surface area contributed by atoms with E-state index in [4.69, 9.17) is 5.26 Å². The summed E-state index contributed by atoms with van der Waals surface area (Å²) in [4.78, 5) is 17.4. The molecule has 0 atom stereocenters. The first-order valence-electron chi connectivity index (χ1n) is 4.36. The van der Waals surface area contributed by atoms with Crippen LogP contribution < -0.4 is 0 Å². The number of aldehydes is 1. The van der Waals surface area contributed by atoms with Gasteiger partial charge in [-0.05, 0) is 0 Å². The standard InChI is InChI=1S/C11H7N3O/c12-6-9-10(7-15)14-11(13-9)8-4-2-1-3-5-8/h1-5,7H,(H,13,14). The van der Waals surface area contributed by atoms with Crippen LogP contribution >= 0.6 is 0 Å². The Morgan fingerprint density at radius 2 is 2.07 bits per heavy atom. The summed E-state index contributed by atoms with van der Waals surface area (Å²) < 4.78 is 0. The van der Waals surface area contributed by atoms with Crippen LogP contribution in [-0.2, 0) is 0 Å². The first-order valence-corrected chi connectivity index (χ1v) is 4.36. The molecule has 0 saturated heterocycles. The summed E-state index contributed by atoms with van der Waals surface area (Å²) in [6, 6.07) is 11.2. The Labute approximate surface area is 86.2 Å². The second-order valence-electron chi connectivity index (χ2n) is 2.94. The number of aromatic amines is 1. The molecule has 1 aromatic heterocycles. The first kappa shape index (κ1) is 9.16. The molecule has 72 valence electrons. The molecule has 0 aliphatic rings. The van der Waals surface area contributed by atoms with E-state index in [9.17, 15) is 4.79 Å². The number of carbonyl (C=O) groups is 1. The van der Waals surface area contributed by atoms with Gasteiger partial charge in [0, 0.05) is 5.56 Å². The van der Waals surface area contributed by atoms with Crippen LogP contribution in [0.15, 0.2) is 30.3 Å². The normalized spacial score (nSPS) is 9.53. The summed E-state index contributed by atoms with van der Waals surface area (Å²) in [5, 5.41) is 8.72. The number of hydrogen-bond acceptors (Lipinski definition) is 3. The molecule has 0 bridgehead atoms. The fraction of sp³-hybridized carbons (Fsp3) is 0. The highest BCUT2D eigenvalue weighted by Gasteiger charge is 2.09. The van der Waals surface area contributed by atoms with E-state index in [1.54, 1.807) is 0 Å². The van der Waals surface area contributed by atoms with E-state index in [2.05, 4.69) is 9.97 Å². The maximum absolute atomic E-state index is 10.6. The van der Waals surface area contributed by atoms with Crippen LogP contribution in [0.25, 0.3) is 11.4 Å². The molecule has 0 aliphatic carbocycles. The Kier molecular flexibility index (Phi) is 2.30. The van der Waals surface area contributed by atoms with Crippen LogP contribution in [-0.4, -0.2) is 16.3 Å². The van der Waals surface area contributed by atoms with Crippen LogP contribution in [0.1, 0.15) is 16.2 Å². The molecular weight excluding hydrogens is 190 g/mol. The molecule has 0 saturated carbocycles. The second kappa shape index (κ2) is 3.76. The number of rotatable bonds is 2. The highest BCUT2D eigenvalue weighted by atomic mass is 16.1. The van der Waals surface area contributed by atoms with Gasteiger partial charge in [0.1, 0.15) is 17.6 Å². The van der Waals surface area contributed by atoms with Crippen molar-refractivity contribution in [2.45, 2.75) is 0 Å². The molecule has 1 N–H and O–H groups in total. The Morgan fingerprint density at radius 3 is 2.60 bits per heavy atom. The van der Waals surface area contributed by atoms with Crippen LogP contribution in [0.5, 0.6) is 0 Å². The van der Waals surface area contributed by atoms with Gasteiger partial charge in [-0.2, -0.15) is 5.26 Å². The SMILES string of the molecule is N#Cc1nc(-c2ccccc2)[nH]c1C=O. The minimum atomic E-state index is 0.129. The molecule has 4 nitrogen and oxygen atoms in total. The fourth-order valence-electron chi connectivity index (χ4n) is 1.29. The number of nitrogens with zero attached hydrogens (tertiary/aromatic N) is 2. The lowest BCUT2D eigenvalue weighted by Gasteiger charge is -1.93. The molecule has 0 unspecified atom stereocenters. The average Bonchev–Trinajstić information content (AvgIpc) is 2.73. The molecular formula is C11H7N3O. The van der Waals surface area contributed by atoms with Crippen molar-refractivity contribution >= 4 is 6.29 Å². The Bertz CT molecular complexity index is 523. The molecule has 0 fully saturated rings. The maximum atomic E-state index is 10.6. The predicted molar refractivity (Wildman–Crippen MR) is 54.1 cm³/mol. The summed E-state index contributed by atoms with van der Waals surface area (Å²) in [6.07, 6.45) is 0.595. The van der Waals surface area contributed by atoms with Crippen LogP contribution in [0, 0.1) is 11.3 Å². The summed E-state index contributed by atoms with van der Waals surface area (Å²) in [5.74, 6) is 0.536. The summed E-state index contributed by atoms with van der Waals surface area (Å²) >= 11 is 0. The van der Waals surface area contributed by atoms with Gasteiger partial charge in [-0.1, -0.05) is 30.3 Å². The maximum Gasteiger partial charge on any atom is 0.169 e. The summed E-state index contributed by atoms with van der Waals surface area (Å²) in [6.45, 7) is 0. The van der Waals surface area contributed by atoms with E-state index >= 15 is 0 Å². The van der Waals surface area contributed by atoms with Gasteiger partial charge < -0.3 is 4.98 Å². The van der Waals surface area contributed by atoms with Gasteiger partial charge in [-0.25, -0.2) is 4.98 Å². The van der Waals surface area contributed by atoms with Crippen molar-refractivity contribution in [1.29, 1.82) is 5.26 Å². The van der Waals surface area contributed by atoms with E-state index in [1.807, 2.05) is 36.4 Å². The first-order chi connectivity index (χ1) is 7.35. The number of hydrogen-bond donors (Lipinski definition) is 1. The average molecular weight is 197 g/mol. The minimum Gasteiger partial charge on any atom is -0.335 e. The van der Waals surface area contributed by atoms with Crippen molar-refractivity contribution in [3.05, 3.63) is 41.7 Å². The summed E-state index contributed by atoms with van der Waals surface area (Å²) in [7, 11) is 0. The van der Waals surface area contributed by atoms with Gasteiger partial charge in [-0.3, -0.25) is 4.79 Å². The van der Waals surface area contributed by atoms with Crippen molar-refractivity contribution in [1.82, 2.24) is 9.97 Å². The number of carbonyl (C=O) groups excluding carboxylic acids is 1. The van der Waals surface area contributed by atoms with Gasteiger partial charge in [0.25, 0.3) is 0 Å². The van der Waals surface area contributed by atoms with Crippen molar-refractivity contribution in [3.63, 3.8) is 0 Å². The van der Waals surface area contributed by atoms with Gasteiger partial charge in [0.05, 0.1) is 0 Å². The molecule has 0 radical (unpaired) electrons. The van der Waals surface area contributed by atoms with E-state index in [-0.39, 0.29) is 11.4 Å². The largest absolute Gasteiger partial charge is 0.335 e. The highest BCUT2D eigenvalue weighted by molar-refractivity contribution is 5.77.